The zero-order valence-electron chi connectivity index (χ0n) is 14.6. The molecule has 0 spiro atoms. The van der Waals surface area contributed by atoms with Gasteiger partial charge >= 0.3 is 5.97 Å². The van der Waals surface area contributed by atoms with Crippen LogP contribution in [0.3, 0.4) is 0 Å². The molecule has 0 amide bonds. The lowest BCUT2D eigenvalue weighted by atomic mass is 10.1. The van der Waals surface area contributed by atoms with Crippen molar-refractivity contribution in [1.29, 1.82) is 0 Å². The van der Waals surface area contributed by atoms with Crippen LogP contribution >= 0.6 is 0 Å². The minimum Gasteiger partial charge on any atom is -0.459 e. The van der Waals surface area contributed by atoms with E-state index in [1.165, 1.54) is 0 Å². The van der Waals surface area contributed by atoms with Crippen LogP contribution < -0.4 is 10.5 Å². The lowest BCUT2D eigenvalue weighted by Crippen LogP contribution is -2.48. The summed E-state index contributed by atoms with van der Waals surface area (Å²) in [5.74, 6) is -0.689. The summed E-state index contributed by atoms with van der Waals surface area (Å²) in [5.41, 5.74) is 7.05. The van der Waals surface area contributed by atoms with Gasteiger partial charge in [-0.3, -0.25) is 4.79 Å². The molecule has 7 heteroatoms. The van der Waals surface area contributed by atoms with Crippen molar-refractivity contribution in [1.82, 2.24) is 4.72 Å². The van der Waals surface area contributed by atoms with Crippen LogP contribution in [0.5, 0.6) is 0 Å². The van der Waals surface area contributed by atoms with E-state index in [0.29, 0.717) is 11.1 Å². The Kier molecular flexibility index (Phi) is 5.95. The molecule has 0 fully saturated rings. The van der Waals surface area contributed by atoms with Crippen LogP contribution in [-0.2, 0) is 19.6 Å². The fraction of sp³-hybridized carbons (Fsp3) is 0.562. The highest BCUT2D eigenvalue weighted by Gasteiger charge is 2.30. The second-order valence-corrected chi connectivity index (χ2v) is 8.32. The standard InChI is InChI=1S/C16H26N2O4S/c1-10-7-11(2)14(12(3)8-10)23(20,21)18-13(9-17)15(19)22-16(4,5)6/h7-8,13,18H,9,17H2,1-6H3/t13-/m1/s1. The van der Waals surface area contributed by atoms with E-state index in [4.69, 9.17) is 10.5 Å². The van der Waals surface area contributed by atoms with E-state index in [1.807, 2.05) is 6.92 Å². The quantitative estimate of drug-likeness (QED) is 0.791. The first kappa shape index (κ1) is 19.6. The van der Waals surface area contributed by atoms with Gasteiger partial charge in [0, 0.05) is 6.54 Å². The predicted molar refractivity (Wildman–Crippen MR) is 89.7 cm³/mol. The number of sulfonamides is 1. The molecule has 0 radical (unpaired) electrons. The average Bonchev–Trinajstić information content (AvgIpc) is 2.31. The van der Waals surface area contributed by atoms with Gasteiger partial charge in [0.1, 0.15) is 11.6 Å². The SMILES string of the molecule is Cc1cc(C)c(S(=O)(=O)N[C@H](CN)C(=O)OC(C)(C)C)c(C)c1. The molecule has 0 unspecified atom stereocenters. The molecule has 1 rings (SSSR count). The van der Waals surface area contributed by atoms with E-state index >= 15 is 0 Å². The van der Waals surface area contributed by atoms with Crippen LogP contribution in [0.4, 0.5) is 0 Å². The lowest BCUT2D eigenvalue weighted by Gasteiger charge is -2.24. The van der Waals surface area contributed by atoms with Gasteiger partial charge in [-0.2, -0.15) is 4.72 Å². The summed E-state index contributed by atoms with van der Waals surface area (Å²) in [6.07, 6.45) is 0. The third-order valence-electron chi connectivity index (χ3n) is 3.10. The van der Waals surface area contributed by atoms with Crippen molar-refractivity contribution in [3.8, 4) is 0 Å². The fourth-order valence-corrected chi connectivity index (χ4v) is 4.05. The molecule has 0 saturated carbocycles. The molecule has 0 heterocycles. The van der Waals surface area contributed by atoms with Gasteiger partial charge in [-0.1, -0.05) is 17.7 Å². The third-order valence-corrected chi connectivity index (χ3v) is 4.87. The van der Waals surface area contributed by atoms with Gasteiger partial charge < -0.3 is 10.5 Å². The highest BCUT2D eigenvalue weighted by molar-refractivity contribution is 7.89. The first-order valence-corrected chi connectivity index (χ1v) is 8.89. The molecular formula is C16H26N2O4S. The third kappa shape index (κ3) is 5.30. The van der Waals surface area contributed by atoms with E-state index in [1.54, 1.807) is 46.8 Å². The van der Waals surface area contributed by atoms with Gasteiger partial charge in [-0.25, -0.2) is 8.42 Å². The van der Waals surface area contributed by atoms with E-state index in [2.05, 4.69) is 4.72 Å². The average molecular weight is 342 g/mol. The molecule has 0 aliphatic heterocycles. The molecule has 0 aliphatic rings. The van der Waals surface area contributed by atoms with Gasteiger partial charge in [-0.05, 0) is 52.7 Å². The van der Waals surface area contributed by atoms with Crippen LogP contribution in [0.1, 0.15) is 37.5 Å². The van der Waals surface area contributed by atoms with Crippen molar-refractivity contribution in [2.24, 2.45) is 5.73 Å². The van der Waals surface area contributed by atoms with Crippen molar-refractivity contribution < 1.29 is 17.9 Å². The van der Waals surface area contributed by atoms with Crippen molar-refractivity contribution in [3.05, 3.63) is 28.8 Å². The second kappa shape index (κ2) is 6.98. The maximum absolute atomic E-state index is 12.7. The van der Waals surface area contributed by atoms with Crippen LogP contribution in [-0.4, -0.2) is 32.6 Å². The Morgan fingerprint density at radius 2 is 1.70 bits per heavy atom. The van der Waals surface area contributed by atoms with Crippen LogP contribution in [0.2, 0.25) is 0 Å². The monoisotopic (exact) mass is 342 g/mol. The number of hydrogen-bond donors (Lipinski definition) is 2. The number of carbonyl (C=O) groups is 1. The number of nitrogens with two attached hydrogens (primary N) is 1. The molecule has 0 aromatic heterocycles. The highest BCUT2D eigenvalue weighted by atomic mass is 32.2. The molecule has 23 heavy (non-hydrogen) atoms. The molecule has 6 nitrogen and oxygen atoms in total. The summed E-state index contributed by atoms with van der Waals surface area (Å²) in [6.45, 7) is 10.3. The number of carbonyl (C=O) groups excluding carboxylic acids is 1. The van der Waals surface area contributed by atoms with Gasteiger partial charge in [0.05, 0.1) is 4.90 Å². The van der Waals surface area contributed by atoms with E-state index in [0.717, 1.165) is 5.56 Å². The molecule has 0 bridgehead atoms. The zero-order chi connectivity index (χ0) is 18.0. The van der Waals surface area contributed by atoms with Crippen molar-refractivity contribution in [2.45, 2.75) is 58.1 Å². The van der Waals surface area contributed by atoms with E-state index in [-0.39, 0.29) is 11.4 Å². The van der Waals surface area contributed by atoms with Crippen LogP contribution in [0.15, 0.2) is 17.0 Å². The van der Waals surface area contributed by atoms with Crippen LogP contribution in [0.25, 0.3) is 0 Å². The maximum atomic E-state index is 12.7. The number of nitrogens with one attached hydrogen (secondary N) is 1. The largest absolute Gasteiger partial charge is 0.459 e. The predicted octanol–water partition coefficient (Wildman–Crippen LogP) is 1.56. The normalized spacial score (nSPS) is 13.7. The van der Waals surface area contributed by atoms with Gasteiger partial charge in [0.25, 0.3) is 0 Å². The van der Waals surface area contributed by atoms with E-state index in [9.17, 15) is 13.2 Å². The number of rotatable bonds is 5. The number of aryl methyl sites for hydroxylation is 3. The van der Waals surface area contributed by atoms with Crippen molar-refractivity contribution in [3.63, 3.8) is 0 Å². The molecule has 3 N–H and O–H groups in total. The maximum Gasteiger partial charge on any atom is 0.326 e. The summed E-state index contributed by atoms with van der Waals surface area (Å²) in [5, 5.41) is 0. The van der Waals surface area contributed by atoms with Gasteiger partial charge in [-0.15, -0.1) is 0 Å². The Morgan fingerprint density at radius 1 is 1.22 bits per heavy atom. The van der Waals surface area contributed by atoms with Crippen molar-refractivity contribution in [2.75, 3.05) is 6.54 Å². The Bertz CT molecular complexity index is 668. The Hall–Kier alpha value is -1.44. The Balaban J connectivity index is 3.12. The summed E-state index contributed by atoms with van der Waals surface area (Å²) in [6, 6.07) is 2.44. The first-order valence-electron chi connectivity index (χ1n) is 7.40. The minimum atomic E-state index is -3.88. The summed E-state index contributed by atoms with van der Waals surface area (Å²) in [4.78, 5) is 12.3. The Labute approximate surface area is 138 Å². The molecule has 1 atom stereocenters. The molecule has 1 aromatic carbocycles. The van der Waals surface area contributed by atoms with E-state index < -0.39 is 27.6 Å². The van der Waals surface area contributed by atoms with Crippen LogP contribution in [0, 0.1) is 20.8 Å². The topological polar surface area (TPSA) is 98.5 Å². The first-order chi connectivity index (χ1) is 10.4. The number of benzene rings is 1. The highest BCUT2D eigenvalue weighted by Crippen LogP contribution is 2.22. The molecule has 0 aliphatic carbocycles. The number of ether oxygens (including phenoxy) is 1. The molecular weight excluding hydrogens is 316 g/mol. The minimum absolute atomic E-state index is 0.171. The summed E-state index contributed by atoms with van der Waals surface area (Å²) >= 11 is 0. The summed E-state index contributed by atoms with van der Waals surface area (Å²) < 4.78 is 32.9. The number of esters is 1. The van der Waals surface area contributed by atoms with Crippen molar-refractivity contribution >= 4 is 16.0 Å². The number of hydrogen-bond acceptors (Lipinski definition) is 5. The molecule has 130 valence electrons. The molecule has 1 aromatic rings. The fourth-order valence-electron chi connectivity index (χ4n) is 2.40. The zero-order valence-corrected chi connectivity index (χ0v) is 15.4. The Morgan fingerprint density at radius 3 is 2.09 bits per heavy atom. The molecule has 0 saturated heterocycles. The lowest BCUT2D eigenvalue weighted by molar-refractivity contribution is -0.156. The summed E-state index contributed by atoms with van der Waals surface area (Å²) in [7, 11) is -3.88. The van der Waals surface area contributed by atoms with Gasteiger partial charge in [0.2, 0.25) is 10.0 Å². The smallest absolute Gasteiger partial charge is 0.326 e. The second-order valence-electron chi connectivity index (χ2n) is 6.67. The van der Waals surface area contributed by atoms with Gasteiger partial charge in [0.15, 0.2) is 0 Å².